The lowest BCUT2D eigenvalue weighted by molar-refractivity contribution is -0.130. The predicted molar refractivity (Wildman–Crippen MR) is 61.8 cm³/mol. The maximum atomic E-state index is 8.64. The lowest BCUT2D eigenvalue weighted by Gasteiger charge is -2.25. The van der Waals surface area contributed by atoms with Gasteiger partial charge in [0.2, 0.25) is 0 Å². The fraction of sp³-hybridized carbons (Fsp3) is 0.462. The number of ether oxygens (including phenoxy) is 3. The van der Waals surface area contributed by atoms with Crippen LogP contribution in [0.5, 0.6) is 5.75 Å². The highest BCUT2D eigenvalue weighted by Crippen LogP contribution is 2.12. The first-order valence-corrected chi connectivity index (χ1v) is 5.71. The van der Waals surface area contributed by atoms with Crippen molar-refractivity contribution in [2.75, 3.05) is 26.4 Å². The minimum absolute atomic E-state index is 0.282. The molecule has 1 aromatic carbocycles. The molecule has 1 aromatic rings. The SMILES string of the molecule is N#Cc1ccc(OCCCOC2COC2)cc1. The van der Waals surface area contributed by atoms with Gasteiger partial charge in [0, 0.05) is 6.42 Å². The van der Waals surface area contributed by atoms with Crippen LogP contribution in [0.2, 0.25) is 0 Å². The molecule has 1 aliphatic heterocycles. The second-order valence-electron chi connectivity index (χ2n) is 3.87. The smallest absolute Gasteiger partial charge is 0.119 e. The molecule has 1 aliphatic rings. The predicted octanol–water partition coefficient (Wildman–Crippen LogP) is 1.74. The molecule has 0 spiro atoms. The second kappa shape index (κ2) is 6.24. The summed E-state index contributed by atoms with van der Waals surface area (Å²) < 4.78 is 16.0. The third-order valence-electron chi connectivity index (χ3n) is 2.50. The Labute approximate surface area is 101 Å². The average Bonchev–Trinajstić information content (AvgIpc) is 2.32. The lowest BCUT2D eigenvalue weighted by atomic mass is 10.2. The Morgan fingerprint density at radius 2 is 2.00 bits per heavy atom. The van der Waals surface area contributed by atoms with Gasteiger partial charge in [-0.05, 0) is 24.3 Å². The molecule has 0 aromatic heterocycles. The van der Waals surface area contributed by atoms with Crippen LogP contribution in [-0.2, 0) is 9.47 Å². The van der Waals surface area contributed by atoms with E-state index in [2.05, 4.69) is 6.07 Å². The Kier molecular flexibility index (Phi) is 4.37. The quantitative estimate of drug-likeness (QED) is 0.702. The molecule has 90 valence electrons. The molecule has 0 radical (unpaired) electrons. The third-order valence-corrected chi connectivity index (χ3v) is 2.50. The van der Waals surface area contributed by atoms with E-state index in [0.717, 1.165) is 25.4 Å². The van der Waals surface area contributed by atoms with Crippen LogP contribution in [0.1, 0.15) is 12.0 Å². The van der Waals surface area contributed by atoms with Gasteiger partial charge in [0.1, 0.15) is 11.9 Å². The summed E-state index contributed by atoms with van der Waals surface area (Å²) in [6.07, 6.45) is 1.14. The van der Waals surface area contributed by atoms with Crippen LogP contribution >= 0.6 is 0 Å². The molecular weight excluding hydrogens is 218 g/mol. The number of hydrogen-bond donors (Lipinski definition) is 0. The van der Waals surface area contributed by atoms with Crippen molar-refractivity contribution in [2.24, 2.45) is 0 Å². The Morgan fingerprint density at radius 1 is 1.24 bits per heavy atom. The van der Waals surface area contributed by atoms with E-state index >= 15 is 0 Å². The Hall–Kier alpha value is -1.57. The maximum Gasteiger partial charge on any atom is 0.119 e. The summed E-state index contributed by atoms with van der Waals surface area (Å²) >= 11 is 0. The van der Waals surface area contributed by atoms with Gasteiger partial charge in [-0.2, -0.15) is 5.26 Å². The van der Waals surface area contributed by atoms with Crippen molar-refractivity contribution in [3.8, 4) is 11.8 Å². The van der Waals surface area contributed by atoms with Gasteiger partial charge in [-0.3, -0.25) is 0 Å². The summed E-state index contributed by atoms with van der Waals surface area (Å²) in [6, 6.07) is 9.17. The van der Waals surface area contributed by atoms with E-state index in [9.17, 15) is 0 Å². The van der Waals surface area contributed by atoms with Crippen molar-refractivity contribution in [1.82, 2.24) is 0 Å². The molecule has 0 amide bonds. The topological polar surface area (TPSA) is 51.5 Å². The van der Waals surface area contributed by atoms with E-state index in [1.165, 1.54) is 0 Å². The van der Waals surface area contributed by atoms with Gasteiger partial charge in [0.15, 0.2) is 0 Å². The van der Waals surface area contributed by atoms with E-state index in [1.54, 1.807) is 24.3 Å². The van der Waals surface area contributed by atoms with E-state index in [1.807, 2.05) is 0 Å². The largest absolute Gasteiger partial charge is 0.494 e. The fourth-order valence-corrected chi connectivity index (χ4v) is 1.43. The number of benzene rings is 1. The maximum absolute atomic E-state index is 8.64. The van der Waals surface area contributed by atoms with Crippen LogP contribution in [-0.4, -0.2) is 32.5 Å². The number of rotatable bonds is 6. The van der Waals surface area contributed by atoms with Gasteiger partial charge >= 0.3 is 0 Å². The van der Waals surface area contributed by atoms with Crippen LogP contribution in [0, 0.1) is 11.3 Å². The summed E-state index contributed by atoms with van der Waals surface area (Å²) in [5.41, 5.74) is 0.644. The number of nitriles is 1. The third kappa shape index (κ3) is 3.74. The Morgan fingerprint density at radius 3 is 2.59 bits per heavy atom. The Bertz CT molecular complexity index is 379. The molecule has 1 saturated heterocycles. The molecule has 4 nitrogen and oxygen atoms in total. The van der Waals surface area contributed by atoms with Crippen LogP contribution in [0.25, 0.3) is 0 Å². The molecule has 0 unspecified atom stereocenters. The molecule has 0 N–H and O–H groups in total. The standard InChI is InChI=1S/C13H15NO3/c14-8-11-2-4-12(5-3-11)16-6-1-7-17-13-9-15-10-13/h2-5,13H,1,6-7,9-10H2. The molecule has 1 fully saturated rings. The van der Waals surface area contributed by atoms with Crippen molar-refractivity contribution < 1.29 is 14.2 Å². The van der Waals surface area contributed by atoms with Crippen molar-refractivity contribution in [1.29, 1.82) is 5.26 Å². The molecule has 17 heavy (non-hydrogen) atoms. The zero-order valence-electron chi connectivity index (χ0n) is 9.59. The molecule has 0 bridgehead atoms. The fourth-order valence-electron chi connectivity index (χ4n) is 1.43. The van der Waals surface area contributed by atoms with Crippen molar-refractivity contribution in [2.45, 2.75) is 12.5 Å². The average molecular weight is 233 g/mol. The van der Waals surface area contributed by atoms with Crippen LogP contribution in [0.15, 0.2) is 24.3 Å². The molecular formula is C13H15NO3. The van der Waals surface area contributed by atoms with E-state index in [0.29, 0.717) is 18.8 Å². The molecule has 0 atom stereocenters. The van der Waals surface area contributed by atoms with Crippen LogP contribution < -0.4 is 4.74 Å². The van der Waals surface area contributed by atoms with Crippen molar-refractivity contribution in [3.63, 3.8) is 0 Å². The van der Waals surface area contributed by atoms with Gasteiger partial charge in [-0.15, -0.1) is 0 Å². The zero-order valence-corrected chi connectivity index (χ0v) is 9.59. The number of nitrogens with zero attached hydrogens (tertiary/aromatic N) is 1. The minimum atomic E-state index is 0.282. The van der Waals surface area contributed by atoms with Gasteiger partial charge < -0.3 is 14.2 Å². The first-order chi connectivity index (χ1) is 8.38. The summed E-state index contributed by atoms with van der Waals surface area (Å²) in [5.74, 6) is 0.788. The molecule has 4 heteroatoms. The van der Waals surface area contributed by atoms with Crippen molar-refractivity contribution >= 4 is 0 Å². The zero-order chi connectivity index (χ0) is 11.9. The highest BCUT2D eigenvalue weighted by Gasteiger charge is 2.17. The van der Waals surface area contributed by atoms with E-state index in [4.69, 9.17) is 19.5 Å². The highest BCUT2D eigenvalue weighted by atomic mass is 16.6. The summed E-state index contributed by atoms with van der Waals surface area (Å²) in [7, 11) is 0. The van der Waals surface area contributed by atoms with Crippen LogP contribution in [0.3, 0.4) is 0 Å². The first kappa shape index (κ1) is 11.9. The monoisotopic (exact) mass is 233 g/mol. The van der Waals surface area contributed by atoms with Gasteiger partial charge in [-0.25, -0.2) is 0 Å². The molecule has 2 rings (SSSR count). The van der Waals surface area contributed by atoms with Crippen molar-refractivity contribution in [3.05, 3.63) is 29.8 Å². The van der Waals surface area contributed by atoms with E-state index in [-0.39, 0.29) is 6.10 Å². The highest BCUT2D eigenvalue weighted by molar-refractivity contribution is 5.34. The number of hydrogen-bond acceptors (Lipinski definition) is 4. The molecule has 1 heterocycles. The minimum Gasteiger partial charge on any atom is -0.494 e. The normalized spacial score (nSPS) is 15.0. The van der Waals surface area contributed by atoms with Gasteiger partial charge in [-0.1, -0.05) is 0 Å². The second-order valence-corrected chi connectivity index (χ2v) is 3.87. The Balaban J connectivity index is 1.59. The lowest BCUT2D eigenvalue weighted by Crippen LogP contribution is -2.36. The molecule has 0 aliphatic carbocycles. The summed E-state index contributed by atoms with van der Waals surface area (Å²) in [6.45, 7) is 2.76. The summed E-state index contributed by atoms with van der Waals surface area (Å²) in [4.78, 5) is 0. The van der Waals surface area contributed by atoms with E-state index < -0.39 is 0 Å². The first-order valence-electron chi connectivity index (χ1n) is 5.71. The van der Waals surface area contributed by atoms with Gasteiger partial charge in [0.25, 0.3) is 0 Å². The summed E-state index contributed by atoms with van der Waals surface area (Å²) in [5, 5.41) is 8.64. The van der Waals surface area contributed by atoms with Crippen LogP contribution in [0.4, 0.5) is 0 Å². The van der Waals surface area contributed by atoms with Gasteiger partial charge in [0.05, 0.1) is 38.1 Å². The molecule has 0 saturated carbocycles.